The molecule has 2 aromatic carbocycles. The molecule has 6 nitrogen and oxygen atoms in total. The quantitative estimate of drug-likeness (QED) is 0.666. The summed E-state index contributed by atoms with van der Waals surface area (Å²) in [6.45, 7) is 0.251. The third kappa shape index (κ3) is 5.76. The number of benzene rings is 2. The van der Waals surface area contributed by atoms with E-state index in [2.05, 4.69) is 4.74 Å². The molecule has 0 spiro atoms. The van der Waals surface area contributed by atoms with Gasteiger partial charge in [-0.1, -0.05) is 36.4 Å². The maximum atomic E-state index is 12.9. The van der Waals surface area contributed by atoms with E-state index in [1.807, 2.05) is 0 Å². The van der Waals surface area contributed by atoms with Crippen LogP contribution in [0.3, 0.4) is 0 Å². The van der Waals surface area contributed by atoms with Crippen molar-refractivity contribution < 1.29 is 31.1 Å². The zero-order chi connectivity index (χ0) is 22.6. The fourth-order valence-electron chi connectivity index (χ4n) is 3.61. The number of sulfonamides is 1. The highest BCUT2D eigenvalue weighted by Crippen LogP contribution is 2.29. The van der Waals surface area contributed by atoms with Gasteiger partial charge in [0.1, 0.15) is 5.75 Å². The maximum Gasteiger partial charge on any atom is 0.573 e. The summed E-state index contributed by atoms with van der Waals surface area (Å²) in [5.74, 6) is -1.27. The Morgan fingerprint density at radius 3 is 2.45 bits per heavy atom. The Morgan fingerprint density at radius 2 is 1.77 bits per heavy atom. The molecule has 2 aromatic rings. The van der Waals surface area contributed by atoms with Crippen LogP contribution in [0.2, 0.25) is 0 Å². The SMILES string of the molecule is CN(Cc1ccccc1OC(F)(F)F)C(=O)C1CCCN(S(=O)(=O)c2ccccc2)C1. The summed E-state index contributed by atoms with van der Waals surface area (Å²) in [5.41, 5.74) is 0.209. The summed E-state index contributed by atoms with van der Waals surface area (Å²) in [6, 6.07) is 13.6. The van der Waals surface area contributed by atoms with Crippen molar-refractivity contribution in [3.63, 3.8) is 0 Å². The van der Waals surface area contributed by atoms with Crippen molar-refractivity contribution in [2.24, 2.45) is 5.92 Å². The second kappa shape index (κ2) is 9.27. The number of alkyl halides is 3. The lowest BCUT2D eigenvalue weighted by atomic mass is 9.98. The summed E-state index contributed by atoms with van der Waals surface area (Å²) >= 11 is 0. The topological polar surface area (TPSA) is 66.9 Å². The Bertz CT molecular complexity index is 1010. The first-order valence-corrected chi connectivity index (χ1v) is 11.2. The molecule has 3 rings (SSSR count). The highest BCUT2D eigenvalue weighted by atomic mass is 32.2. The van der Waals surface area contributed by atoms with Gasteiger partial charge < -0.3 is 9.64 Å². The number of rotatable bonds is 6. The summed E-state index contributed by atoms with van der Waals surface area (Å²) < 4.78 is 69.0. The number of ether oxygens (including phenoxy) is 1. The third-order valence-electron chi connectivity index (χ3n) is 5.10. The van der Waals surface area contributed by atoms with Crippen molar-refractivity contribution in [2.75, 3.05) is 20.1 Å². The Balaban J connectivity index is 1.70. The normalized spacial score (nSPS) is 17.9. The van der Waals surface area contributed by atoms with Gasteiger partial charge in [-0.2, -0.15) is 4.31 Å². The number of nitrogens with zero attached hydrogens (tertiary/aromatic N) is 2. The van der Waals surface area contributed by atoms with Crippen LogP contribution < -0.4 is 4.74 Å². The first-order valence-electron chi connectivity index (χ1n) is 9.72. The lowest BCUT2D eigenvalue weighted by Gasteiger charge is -2.33. The highest BCUT2D eigenvalue weighted by Gasteiger charge is 2.35. The van der Waals surface area contributed by atoms with Gasteiger partial charge >= 0.3 is 6.36 Å². The van der Waals surface area contributed by atoms with Gasteiger partial charge in [0, 0.05) is 32.2 Å². The molecule has 1 unspecified atom stereocenters. The number of piperidine rings is 1. The van der Waals surface area contributed by atoms with E-state index in [-0.39, 0.29) is 35.2 Å². The lowest BCUT2D eigenvalue weighted by Crippen LogP contribution is -2.45. The molecule has 1 amide bonds. The fourth-order valence-corrected chi connectivity index (χ4v) is 5.15. The molecule has 0 bridgehead atoms. The average molecular weight is 456 g/mol. The standard InChI is InChI=1S/C21H23F3N2O4S/c1-25(14-16-8-5-6-12-19(16)30-21(22,23)24)20(27)17-9-7-13-26(15-17)31(28,29)18-10-3-2-4-11-18/h2-6,8,10-12,17H,7,9,13-15H2,1H3. The average Bonchev–Trinajstić information content (AvgIpc) is 2.74. The van der Waals surface area contributed by atoms with E-state index in [1.54, 1.807) is 24.3 Å². The molecule has 1 aliphatic rings. The van der Waals surface area contributed by atoms with Crippen molar-refractivity contribution in [3.8, 4) is 5.75 Å². The van der Waals surface area contributed by atoms with Gasteiger partial charge in [-0.15, -0.1) is 13.2 Å². The molecule has 0 aromatic heterocycles. The lowest BCUT2D eigenvalue weighted by molar-refractivity contribution is -0.275. The molecule has 1 atom stereocenters. The van der Waals surface area contributed by atoms with Crippen molar-refractivity contribution in [1.82, 2.24) is 9.21 Å². The Kier molecular flexibility index (Phi) is 6.90. The second-order valence-electron chi connectivity index (χ2n) is 7.37. The largest absolute Gasteiger partial charge is 0.573 e. The Hall–Kier alpha value is -2.59. The number of amides is 1. The molecule has 1 saturated heterocycles. The van der Waals surface area contributed by atoms with Crippen molar-refractivity contribution in [1.29, 1.82) is 0 Å². The summed E-state index contributed by atoms with van der Waals surface area (Å²) in [4.78, 5) is 14.4. The van der Waals surface area contributed by atoms with Crippen LogP contribution in [0.5, 0.6) is 5.75 Å². The number of para-hydroxylation sites is 1. The van der Waals surface area contributed by atoms with E-state index < -0.39 is 22.3 Å². The summed E-state index contributed by atoms with van der Waals surface area (Å²) in [7, 11) is -2.24. The summed E-state index contributed by atoms with van der Waals surface area (Å²) in [5, 5.41) is 0. The summed E-state index contributed by atoms with van der Waals surface area (Å²) in [6.07, 6.45) is -3.82. The molecule has 1 heterocycles. The van der Waals surface area contributed by atoms with Crippen LogP contribution in [0.25, 0.3) is 0 Å². The highest BCUT2D eigenvalue weighted by molar-refractivity contribution is 7.89. The minimum Gasteiger partial charge on any atom is -0.405 e. The van der Waals surface area contributed by atoms with Gasteiger partial charge in [-0.05, 0) is 31.0 Å². The van der Waals surface area contributed by atoms with E-state index in [1.165, 1.54) is 46.6 Å². The van der Waals surface area contributed by atoms with E-state index in [0.717, 1.165) is 0 Å². The van der Waals surface area contributed by atoms with Gasteiger partial charge in [0.2, 0.25) is 15.9 Å². The van der Waals surface area contributed by atoms with E-state index in [4.69, 9.17) is 0 Å². The molecule has 0 saturated carbocycles. The zero-order valence-electron chi connectivity index (χ0n) is 16.9. The van der Waals surface area contributed by atoms with Gasteiger partial charge in [0.15, 0.2) is 0 Å². The number of halogens is 3. The number of carbonyl (C=O) groups is 1. The molecule has 168 valence electrons. The monoisotopic (exact) mass is 456 g/mol. The Labute approximate surface area is 179 Å². The molecule has 10 heteroatoms. The van der Waals surface area contributed by atoms with Crippen LogP contribution in [-0.4, -0.2) is 50.0 Å². The first kappa shape index (κ1) is 23.1. The molecular weight excluding hydrogens is 433 g/mol. The van der Waals surface area contributed by atoms with E-state index in [9.17, 15) is 26.4 Å². The molecule has 0 N–H and O–H groups in total. The molecule has 1 aliphatic heterocycles. The molecule has 0 radical (unpaired) electrons. The van der Waals surface area contributed by atoms with E-state index in [0.29, 0.717) is 19.4 Å². The van der Waals surface area contributed by atoms with Gasteiger partial charge in [0.05, 0.1) is 10.8 Å². The maximum absolute atomic E-state index is 12.9. The van der Waals surface area contributed by atoms with Gasteiger partial charge in [-0.3, -0.25) is 4.79 Å². The van der Waals surface area contributed by atoms with Crippen LogP contribution in [0.1, 0.15) is 18.4 Å². The first-order chi connectivity index (χ1) is 14.6. The minimum atomic E-state index is -4.84. The Morgan fingerprint density at radius 1 is 1.13 bits per heavy atom. The smallest absolute Gasteiger partial charge is 0.405 e. The van der Waals surface area contributed by atoms with Crippen LogP contribution in [0.15, 0.2) is 59.5 Å². The number of carbonyl (C=O) groups excluding carboxylic acids is 1. The van der Waals surface area contributed by atoms with E-state index >= 15 is 0 Å². The predicted octanol–water partition coefficient (Wildman–Crippen LogP) is 3.64. The second-order valence-corrected chi connectivity index (χ2v) is 9.30. The predicted molar refractivity (Wildman–Crippen MR) is 108 cm³/mol. The number of hydrogen-bond donors (Lipinski definition) is 0. The van der Waals surface area contributed by atoms with Crippen LogP contribution in [-0.2, 0) is 21.4 Å². The minimum absolute atomic E-state index is 0.0289. The number of hydrogen-bond acceptors (Lipinski definition) is 4. The molecule has 31 heavy (non-hydrogen) atoms. The van der Waals surface area contributed by atoms with Gasteiger partial charge in [0.25, 0.3) is 0 Å². The van der Waals surface area contributed by atoms with Crippen LogP contribution >= 0.6 is 0 Å². The molecule has 0 aliphatic carbocycles. The zero-order valence-corrected chi connectivity index (χ0v) is 17.7. The third-order valence-corrected chi connectivity index (χ3v) is 6.98. The van der Waals surface area contributed by atoms with Crippen molar-refractivity contribution >= 4 is 15.9 Å². The van der Waals surface area contributed by atoms with Crippen LogP contribution in [0, 0.1) is 5.92 Å². The van der Waals surface area contributed by atoms with Gasteiger partial charge in [-0.25, -0.2) is 8.42 Å². The van der Waals surface area contributed by atoms with Crippen molar-refractivity contribution in [3.05, 3.63) is 60.2 Å². The fraction of sp³-hybridized carbons (Fsp3) is 0.381. The van der Waals surface area contributed by atoms with Crippen molar-refractivity contribution in [2.45, 2.75) is 30.6 Å². The molecular formula is C21H23F3N2O4S. The molecule has 1 fully saturated rings. The van der Waals surface area contributed by atoms with Crippen LogP contribution in [0.4, 0.5) is 13.2 Å².